The number of halogens is 4. The zero-order valence-corrected chi connectivity index (χ0v) is 20.7. The molecule has 2 aromatic rings. The first-order valence-corrected chi connectivity index (χ1v) is 11.6. The minimum atomic E-state index is -0.637. The van der Waals surface area contributed by atoms with Crippen molar-refractivity contribution in [3.8, 4) is 0 Å². The van der Waals surface area contributed by atoms with Crippen molar-refractivity contribution in [3.63, 3.8) is 0 Å². The van der Waals surface area contributed by atoms with E-state index < -0.39 is 6.04 Å². The van der Waals surface area contributed by atoms with Crippen molar-refractivity contribution < 1.29 is 9.59 Å². The van der Waals surface area contributed by atoms with E-state index in [0.717, 1.165) is 12.0 Å². The Morgan fingerprint density at radius 2 is 1.65 bits per heavy atom. The number of carbonyl (C=O) groups is 2. The summed E-state index contributed by atoms with van der Waals surface area (Å²) < 4.78 is 0. The largest absolute Gasteiger partial charge is 0.352 e. The Hall–Kier alpha value is -1.46. The summed E-state index contributed by atoms with van der Waals surface area (Å²) >= 11 is 24.4. The summed E-state index contributed by atoms with van der Waals surface area (Å²) in [6.07, 6.45) is 1.30. The van der Waals surface area contributed by atoms with E-state index in [1.54, 1.807) is 41.3 Å². The molecule has 0 bridgehead atoms. The van der Waals surface area contributed by atoms with Gasteiger partial charge in [0, 0.05) is 22.6 Å². The van der Waals surface area contributed by atoms with Crippen LogP contribution in [0, 0.1) is 0 Å². The molecule has 0 spiro atoms. The Balaban J connectivity index is 2.35. The molecule has 2 atom stereocenters. The molecular weight excluding hydrogens is 478 g/mol. The summed E-state index contributed by atoms with van der Waals surface area (Å²) in [5, 5.41) is 4.71. The molecule has 0 fully saturated rings. The van der Waals surface area contributed by atoms with E-state index in [-0.39, 0.29) is 30.8 Å². The zero-order chi connectivity index (χ0) is 23.1. The average molecular weight is 504 g/mol. The molecule has 2 aromatic carbocycles. The molecule has 8 heteroatoms. The smallest absolute Gasteiger partial charge is 0.243 e. The van der Waals surface area contributed by atoms with E-state index in [0.29, 0.717) is 32.1 Å². The summed E-state index contributed by atoms with van der Waals surface area (Å²) in [5.41, 5.74) is 1.42. The lowest BCUT2D eigenvalue weighted by atomic mass is 10.1. The zero-order valence-electron chi connectivity index (χ0n) is 17.7. The highest BCUT2D eigenvalue weighted by Gasteiger charge is 2.29. The Bertz CT molecular complexity index is 936. The van der Waals surface area contributed by atoms with Crippen molar-refractivity contribution in [3.05, 3.63) is 67.6 Å². The van der Waals surface area contributed by atoms with Crippen molar-refractivity contribution in [1.82, 2.24) is 10.2 Å². The monoisotopic (exact) mass is 502 g/mol. The quantitative estimate of drug-likeness (QED) is 0.421. The van der Waals surface area contributed by atoms with Crippen molar-refractivity contribution in [2.24, 2.45) is 0 Å². The van der Waals surface area contributed by atoms with Crippen LogP contribution in [0.5, 0.6) is 0 Å². The van der Waals surface area contributed by atoms with Gasteiger partial charge < -0.3 is 10.2 Å². The van der Waals surface area contributed by atoms with Crippen LogP contribution < -0.4 is 5.32 Å². The second kappa shape index (κ2) is 12.0. The predicted molar refractivity (Wildman–Crippen MR) is 129 cm³/mol. The maximum Gasteiger partial charge on any atom is 0.243 e. The fourth-order valence-electron chi connectivity index (χ4n) is 3.12. The van der Waals surface area contributed by atoms with Gasteiger partial charge in [0.25, 0.3) is 0 Å². The molecule has 0 aliphatic rings. The summed E-state index contributed by atoms with van der Waals surface area (Å²) in [7, 11) is 0. The number of benzene rings is 2. The van der Waals surface area contributed by atoms with E-state index in [4.69, 9.17) is 46.4 Å². The molecule has 0 aliphatic heterocycles. The van der Waals surface area contributed by atoms with Crippen molar-refractivity contribution in [1.29, 1.82) is 0 Å². The van der Waals surface area contributed by atoms with Crippen molar-refractivity contribution in [2.75, 3.05) is 0 Å². The Morgan fingerprint density at radius 1 is 0.935 bits per heavy atom. The first-order chi connectivity index (χ1) is 14.7. The third kappa shape index (κ3) is 7.28. The Kier molecular flexibility index (Phi) is 9.95. The van der Waals surface area contributed by atoms with Crippen LogP contribution in [0.2, 0.25) is 20.1 Å². The van der Waals surface area contributed by atoms with Gasteiger partial charge in [0.15, 0.2) is 0 Å². The topological polar surface area (TPSA) is 49.4 Å². The van der Waals surface area contributed by atoms with Gasteiger partial charge in [-0.1, -0.05) is 72.4 Å². The van der Waals surface area contributed by atoms with E-state index in [2.05, 4.69) is 5.32 Å². The van der Waals surface area contributed by atoms with E-state index in [1.165, 1.54) is 0 Å². The predicted octanol–water partition coefficient (Wildman–Crippen LogP) is 6.56. The Labute approximate surface area is 203 Å². The van der Waals surface area contributed by atoms with Gasteiger partial charge in [0.2, 0.25) is 11.8 Å². The first kappa shape index (κ1) is 25.8. The lowest BCUT2D eigenvalue weighted by Gasteiger charge is -2.31. The van der Waals surface area contributed by atoms with Gasteiger partial charge in [0.05, 0.1) is 16.5 Å². The van der Waals surface area contributed by atoms with Gasteiger partial charge >= 0.3 is 0 Å². The highest BCUT2D eigenvalue weighted by Crippen LogP contribution is 2.26. The lowest BCUT2D eigenvalue weighted by molar-refractivity contribution is -0.141. The fraction of sp³-hybridized carbons (Fsp3) is 0.391. The second-order valence-electron chi connectivity index (χ2n) is 7.42. The van der Waals surface area contributed by atoms with Gasteiger partial charge in [0.1, 0.15) is 6.04 Å². The van der Waals surface area contributed by atoms with Gasteiger partial charge in [-0.15, -0.1) is 0 Å². The van der Waals surface area contributed by atoms with Crippen LogP contribution in [-0.2, 0) is 22.6 Å². The normalized spacial score (nSPS) is 12.9. The van der Waals surface area contributed by atoms with Gasteiger partial charge in [-0.25, -0.2) is 0 Å². The molecule has 4 nitrogen and oxygen atoms in total. The number of nitrogens with one attached hydrogen (secondary N) is 1. The molecule has 2 rings (SSSR count). The van der Waals surface area contributed by atoms with Crippen LogP contribution in [-0.4, -0.2) is 28.8 Å². The molecule has 0 heterocycles. The van der Waals surface area contributed by atoms with Gasteiger partial charge in [-0.05, 0) is 55.2 Å². The third-order valence-corrected chi connectivity index (χ3v) is 6.41. The number of hydrogen-bond donors (Lipinski definition) is 1. The van der Waals surface area contributed by atoms with Crippen molar-refractivity contribution in [2.45, 2.75) is 58.7 Å². The first-order valence-electron chi connectivity index (χ1n) is 10.1. The van der Waals surface area contributed by atoms with E-state index in [9.17, 15) is 9.59 Å². The van der Waals surface area contributed by atoms with E-state index >= 15 is 0 Å². The van der Waals surface area contributed by atoms with Crippen LogP contribution in [0.4, 0.5) is 0 Å². The third-order valence-electron chi connectivity index (χ3n) is 5.08. The number of hydrogen-bond acceptors (Lipinski definition) is 2. The maximum absolute atomic E-state index is 13.4. The maximum atomic E-state index is 13.4. The van der Waals surface area contributed by atoms with Gasteiger partial charge in [-0.3, -0.25) is 9.59 Å². The van der Waals surface area contributed by atoms with Crippen LogP contribution in [0.3, 0.4) is 0 Å². The Morgan fingerprint density at radius 3 is 2.23 bits per heavy atom. The minimum Gasteiger partial charge on any atom is -0.352 e. The molecule has 0 unspecified atom stereocenters. The van der Waals surface area contributed by atoms with Crippen LogP contribution in [0.15, 0.2) is 36.4 Å². The molecule has 168 valence electrons. The highest BCUT2D eigenvalue weighted by molar-refractivity contribution is 6.42. The summed E-state index contributed by atoms with van der Waals surface area (Å²) in [5.74, 6) is -0.408. The minimum absolute atomic E-state index is 0.00851. The second-order valence-corrected chi connectivity index (χ2v) is 9.08. The van der Waals surface area contributed by atoms with Crippen LogP contribution in [0.25, 0.3) is 0 Å². The summed E-state index contributed by atoms with van der Waals surface area (Å²) in [4.78, 5) is 27.9. The standard InChI is InChI=1S/C23H26Cl4N2O2/c1-4-14(3)28-23(31)21(5-2)29(13-15-6-9-18(25)20(27)10-15)22(30)11-16-7-8-17(24)12-19(16)26/h6-10,12,14,21H,4-5,11,13H2,1-3H3,(H,28,31)/t14-,21+/m1/s1. The molecule has 0 aliphatic carbocycles. The highest BCUT2D eigenvalue weighted by atomic mass is 35.5. The molecule has 0 saturated heterocycles. The number of amides is 2. The summed E-state index contributed by atoms with van der Waals surface area (Å²) in [6.45, 7) is 6.02. The SMILES string of the molecule is CC[C@@H](C)NC(=O)[C@H](CC)N(Cc1ccc(Cl)c(Cl)c1)C(=O)Cc1ccc(Cl)cc1Cl. The van der Waals surface area contributed by atoms with Crippen LogP contribution >= 0.6 is 46.4 Å². The number of rotatable bonds is 9. The van der Waals surface area contributed by atoms with Gasteiger partial charge in [-0.2, -0.15) is 0 Å². The number of nitrogens with zero attached hydrogens (tertiary/aromatic N) is 1. The molecule has 0 aromatic heterocycles. The average Bonchev–Trinajstić information content (AvgIpc) is 2.72. The lowest BCUT2D eigenvalue weighted by Crippen LogP contribution is -2.51. The molecule has 0 saturated carbocycles. The molecule has 0 radical (unpaired) electrons. The molecule has 31 heavy (non-hydrogen) atoms. The summed E-state index contributed by atoms with van der Waals surface area (Å²) in [6, 6.07) is 9.56. The number of carbonyl (C=O) groups excluding carboxylic acids is 2. The fourth-order valence-corrected chi connectivity index (χ4v) is 3.92. The van der Waals surface area contributed by atoms with E-state index in [1.807, 2.05) is 20.8 Å². The molecular formula is C23H26Cl4N2O2. The van der Waals surface area contributed by atoms with Crippen LogP contribution in [0.1, 0.15) is 44.7 Å². The van der Waals surface area contributed by atoms with Crippen molar-refractivity contribution >= 4 is 58.2 Å². The molecule has 1 N–H and O–H groups in total. The molecule has 2 amide bonds.